The molecule has 116 heavy (non-hydrogen) atoms. The number of benzene rings is 6. The van der Waals surface area contributed by atoms with Crippen molar-refractivity contribution in [3.63, 3.8) is 0 Å². The maximum Gasteiger partial charge on any atom is 0.325 e. The number of amides is 7. The third-order valence-electron chi connectivity index (χ3n) is 23.4. The molecule has 618 valence electrons. The number of hydrogen-bond donors (Lipinski definition) is 16. The summed E-state index contributed by atoms with van der Waals surface area (Å²) in [7, 11) is 1.80. The second-order valence-electron chi connectivity index (χ2n) is 31.9. The van der Waals surface area contributed by atoms with Gasteiger partial charge in [-0.3, -0.25) is 43.7 Å². The lowest BCUT2D eigenvalue weighted by Gasteiger charge is -2.54. The molecule has 0 unspecified atom stereocenters. The Morgan fingerprint density at radius 1 is 0.664 bits per heavy atom. The van der Waals surface area contributed by atoms with Crippen LogP contribution in [0.2, 0.25) is 10.0 Å². The van der Waals surface area contributed by atoms with Gasteiger partial charge in [0.15, 0.2) is 28.8 Å². The van der Waals surface area contributed by atoms with Crippen LogP contribution in [0.15, 0.2) is 103 Å². The van der Waals surface area contributed by atoms with E-state index in [9.17, 15) is 55.2 Å². The topological polar surface area (TPSA) is 472 Å². The van der Waals surface area contributed by atoms with Gasteiger partial charge in [0.2, 0.25) is 41.6 Å². The van der Waals surface area contributed by atoms with Crippen molar-refractivity contribution in [2.45, 2.75) is 171 Å². The maximum absolute atomic E-state index is 16.6. The molecule has 0 radical (unpaired) electrons. The Morgan fingerprint density at radius 3 is 1.93 bits per heavy atom. The average Bonchev–Trinajstić information content (AvgIpc) is 0.773. The lowest BCUT2D eigenvalue weighted by molar-refractivity contribution is -0.270. The monoisotopic (exact) mass is 1640 g/mol. The summed E-state index contributed by atoms with van der Waals surface area (Å²) in [5.41, 5.74) is 4.66. The van der Waals surface area contributed by atoms with Crippen LogP contribution in [0.3, 0.4) is 0 Å². The second-order valence-corrected chi connectivity index (χ2v) is 32.7. The molecular weight excluding hydrogens is 1540 g/mol. The van der Waals surface area contributed by atoms with Gasteiger partial charge in [0.05, 0.1) is 28.5 Å². The van der Waals surface area contributed by atoms with Crippen LogP contribution in [-0.2, 0) is 43.1 Å². The van der Waals surface area contributed by atoms with Gasteiger partial charge in [-0.2, -0.15) is 0 Å². The molecule has 1 saturated heterocycles. The van der Waals surface area contributed by atoms with Crippen LogP contribution >= 0.6 is 23.2 Å². The fourth-order valence-electron chi connectivity index (χ4n) is 17.7. The van der Waals surface area contributed by atoms with E-state index >= 15 is 28.8 Å². The van der Waals surface area contributed by atoms with E-state index in [1.165, 1.54) is 60.7 Å². The molecule has 0 aromatic heterocycles. The van der Waals surface area contributed by atoms with E-state index in [1.807, 2.05) is 13.8 Å². The highest BCUT2D eigenvalue weighted by molar-refractivity contribution is 6.32. The van der Waals surface area contributed by atoms with Gasteiger partial charge in [0.1, 0.15) is 95.3 Å². The molecule has 4 saturated carbocycles. The zero-order valence-corrected chi connectivity index (χ0v) is 65.6. The largest absolute Gasteiger partial charge is 0.508 e. The number of phenols is 3. The average molecular weight is 1640 g/mol. The number of rotatable bonds is 19. The number of halogens is 2. The second kappa shape index (κ2) is 35.9. The number of anilines is 1. The normalized spacial score (nSPS) is 27.9. The number of Topliss-reactive ketones (excluding diaryl/α,β-unsaturated/α-hetero) is 3. The van der Waals surface area contributed by atoms with Crippen LogP contribution in [0.25, 0.3) is 11.1 Å². The number of nitrogens with two attached hydrogens (primary N) is 1. The van der Waals surface area contributed by atoms with Crippen LogP contribution in [0.1, 0.15) is 156 Å². The number of ether oxygens (including phenoxy) is 5. The number of phenolic OH excluding ortho intramolecular Hbond substituents is 3. The molecule has 6 aliphatic heterocycles. The molecule has 10 aliphatic rings. The minimum Gasteiger partial charge on any atom is -0.508 e. The predicted molar refractivity (Wildman–Crippen MR) is 419 cm³/mol. The number of nitrogens with one attached hydrogen (secondary N) is 7. The number of imide groups is 1. The summed E-state index contributed by atoms with van der Waals surface area (Å²) in [5, 5.41) is 113. The molecule has 0 spiro atoms. The molecule has 4 aliphatic carbocycles. The van der Waals surface area contributed by atoms with Crippen molar-refractivity contribution in [2.24, 2.45) is 53.1 Å². The molecule has 17 N–H and O–H groups in total. The Labute approximate surface area is 677 Å². The quantitative estimate of drug-likeness (QED) is 0.0341. The standard InChI is InChI=1S/C84H96Cl2N8O22/c1-5-40(19-37(2)3)79(107)93-71-59(98)28-47(31-67(101)90-84(111)89-48-10-12-50(13-11-48)112-18-6-17-88-4)80(108)91-69-46-29-64(113-62-15-8-42(73(71)102)26-55(62)85)78(116-83-77(106)76(105)75(104)66(36-87)115-83)65(30-46)114-63-16-9-43(27-56(63)86)74(103)72-82(110)92-70(61(100)34-51-44-21-38-20-39(23-44)24-45(51)22-38)54-32-49(95)33-58(97)68(54)53-25-41(7-14-57(53)96)52(35-60(69)99)81(109)94-72/h7-16,25-27,29-30,32-33,37-40,44-45,47,51-52,66,69-77,83,88,95-97,102-106H,5-6,17-24,28,31,34-36,87H2,1-4H3,(H,91,108)(H,92,110)(H,93,107)(H,94,109)(H2,89,90,101,111)/t38?,39?,40-,44?,45?,47+,51?,52-,66-,69-,70+,71+,72+,73-,74-,75-,76+,77-,83+/m1/s1. The van der Waals surface area contributed by atoms with Gasteiger partial charge in [-0.25, -0.2) is 4.79 Å². The Morgan fingerprint density at radius 2 is 1.31 bits per heavy atom. The zero-order valence-electron chi connectivity index (χ0n) is 64.1. The zero-order chi connectivity index (χ0) is 82.8. The van der Waals surface area contributed by atoms with Gasteiger partial charge in [0.25, 0.3) is 0 Å². The molecule has 6 aromatic carbocycles. The molecule has 5 fully saturated rings. The molecule has 15 bridgehead atoms. The Kier molecular flexibility index (Phi) is 25.9. The third kappa shape index (κ3) is 18.4. The third-order valence-corrected chi connectivity index (χ3v) is 24.0. The summed E-state index contributed by atoms with van der Waals surface area (Å²) >= 11 is 14.3. The summed E-state index contributed by atoms with van der Waals surface area (Å²) in [4.78, 5) is 138. The lowest BCUT2D eigenvalue weighted by Crippen LogP contribution is -2.60. The highest BCUT2D eigenvalue weighted by atomic mass is 35.5. The summed E-state index contributed by atoms with van der Waals surface area (Å²) in [6, 6.07) is 12.3. The fraction of sp³-hybridized carbons (Fsp3) is 0.464. The van der Waals surface area contributed by atoms with Gasteiger partial charge < -0.3 is 102 Å². The van der Waals surface area contributed by atoms with E-state index in [0.29, 0.717) is 43.6 Å². The highest BCUT2D eigenvalue weighted by Gasteiger charge is 2.51. The molecule has 16 rings (SSSR count). The summed E-state index contributed by atoms with van der Waals surface area (Å²) in [6.45, 7) is 6.14. The molecule has 30 nitrogen and oxygen atoms in total. The number of urea groups is 1. The van der Waals surface area contributed by atoms with Crippen molar-refractivity contribution in [3.05, 3.63) is 141 Å². The summed E-state index contributed by atoms with van der Waals surface area (Å²) in [6.07, 6.45) is -10.5. The van der Waals surface area contributed by atoms with Crippen molar-refractivity contribution in [3.8, 4) is 62.9 Å². The van der Waals surface area contributed by atoms with Crippen LogP contribution in [-0.4, -0.2) is 163 Å². The molecule has 7 amide bonds. The van der Waals surface area contributed by atoms with Crippen molar-refractivity contribution in [1.82, 2.24) is 31.9 Å². The first-order valence-corrected chi connectivity index (χ1v) is 39.9. The lowest BCUT2D eigenvalue weighted by atomic mass is 9.51. The van der Waals surface area contributed by atoms with Crippen LogP contribution in [0.5, 0.6) is 51.7 Å². The molecule has 6 aromatic rings. The number of aliphatic hydroxyl groups excluding tert-OH is 5. The molecule has 14 atom stereocenters. The van der Waals surface area contributed by atoms with Crippen LogP contribution in [0.4, 0.5) is 10.5 Å². The van der Waals surface area contributed by atoms with Gasteiger partial charge >= 0.3 is 6.03 Å². The molecule has 32 heteroatoms. The summed E-state index contributed by atoms with van der Waals surface area (Å²) < 4.78 is 31.6. The van der Waals surface area contributed by atoms with E-state index < -0.39 is 198 Å². The first kappa shape index (κ1) is 83.9. The maximum atomic E-state index is 16.6. The van der Waals surface area contributed by atoms with E-state index in [4.69, 9.17) is 52.6 Å². The first-order chi connectivity index (χ1) is 55.4. The minimum atomic E-state index is -2.21. The van der Waals surface area contributed by atoms with E-state index in [2.05, 4.69) is 37.2 Å². The van der Waals surface area contributed by atoms with E-state index in [0.717, 1.165) is 62.4 Å². The number of hydrogen-bond acceptors (Lipinski definition) is 24. The number of carbonyl (C=O) groups excluding carboxylic acids is 9. The van der Waals surface area contributed by atoms with E-state index in [-0.39, 0.29) is 103 Å². The molecular formula is C84H96Cl2N8O22. The fourth-order valence-corrected chi connectivity index (χ4v) is 18.1. The van der Waals surface area contributed by atoms with Gasteiger partial charge in [0, 0.05) is 61.0 Å². The van der Waals surface area contributed by atoms with E-state index in [1.54, 1.807) is 26.1 Å². The van der Waals surface area contributed by atoms with Crippen molar-refractivity contribution < 1.29 is 108 Å². The summed E-state index contributed by atoms with van der Waals surface area (Å²) in [5.74, 6) is -15.3. The number of aromatic hydroxyl groups is 3. The SMILES string of the molecule is CC[C@H](CC(C)C)C(=O)N[C@H]1C(=O)C[C@@H](CC(=O)NC(=O)Nc2ccc(OCCCNC)cc2)C(=O)N[C@H]2C(=O)C[C@H]3C(=O)N[C@H](C(=O)N[C@H](C(=O)CC4C5CC6CC(C5)CC4C6)c4cc(O)cc(O)c4-c4cc3ccc4O)[C@H](O)c3ccc(c(Cl)c3)Oc3cc2cc(c3O[C@@H]2O[C@H](CN)[C@@H](O)[C@H](O)[C@H]2O)Oc2ccc(cc2Cl)[C@H]1O. The minimum absolute atomic E-state index is 0.0362. The molecule has 6 heterocycles. The van der Waals surface area contributed by atoms with Crippen molar-refractivity contribution in [1.29, 1.82) is 0 Å². The predicted octanol–water partition coefficient (Wildman–Crippen LogP) is 8.05. The van der Waals surface area contributed by atoms with Gasteiger partial charge in [-0.05, 0) is 207 Å². The van der Waals surface area contributed by atoms with Crippen molar-refractivity contribution in [2.75, 3.05) is 32.1 Å². The highest BCUT2D eigenvalue weighted by Crippen LogP contribution is 2.58. The number of fused-ring (bicyclic) bond motifs is 15. The van der Waals surface area contributed by atoms with Crippen LogP contribution in [0, 0.1) is 47.3 Å². The first-order valence-electron chi connectivity index (χ1n) is 39.2. The van der Waals surface area contributed by atoms with Gasteiger partial charge in [-0.15, -0.1) is 0 Å². The van der Waals surface area contributed by atoms with Crippen LogP contribution < -0.4 is 61.9 Å². The Hall–Kier alpha value is -9.99. The van der Waals surface area contributed by atoms with Gasteiger partial charge in [-0.1, -0.05) is 62.2 Å². The number of ketones is 3. The number of carbonyl (C=O) groups is 9. The smallest absolute Gasteiger partial charge is 0.325 e. The number of aliphatic hydroxyl groups is 5. The Bertz CT molecular complexity index is 4730. The Balaban J connectivity index is 0.980. The van der Waals surface area contributed by atoms with Crippen molar-refractivity contribution >= 4 is 81.8 Å².